The number of aliphatic carboxylic acids is 1. The van der Waals surface area contributed by atoms with E-state index in [9.17, 15) is 19.2 Å². The van der Waals surface area contributed by atoms with Crippen LogP contribution in [0.15, 0.2) is 0 Å². The normalized spacial score (nSPS) is 19.2. The van der Waals surface area contributed by atoms with Crippen LogP contribution in [0.4, 0.5) is 4.79 Å². The number of imide groups is 1. The molecule has 4 N–H and O–H groups in total. The highest BCUT2D eigenvalue weighted by Gasteiger charge is 2.29. The molecule has 1 heterocycles. The molecule has 1 unspecified atom stereocenters. The molecule has 112 valence electrons. The van der Waals surface area contributed by atoms with Crippen LogP contribution in [0, 0.1) is 0 Å². The van der Waals surface area contributed by atoms with Crippen molar-refractivity contribution in [2.45, 2.75) is 51.1 Å². The fraction of sp³-hybridized carbons (Fsp3) is 0.667. The highest BCUT2D eigenvalue weighted by atomic mass is 16.4. The molecule has 0 aromatic rings. The molecule has 0 saturated carbocycles. The molecule has 0 aromatic carbocycles. The molecule has 0 spiro atoms. The van der Waals surface area contributed by atoms with Crippen molar-refractivity contribution in [3.05, 3.63) is 0 Å². The molecular formula is C12H19N3O5. The molecule has 4 amide bonds. The largest absolute Gasteiger partial charge is 0.481 e. The van der Waals surface area contributed by atoms with Gasteiger partial charge in [0.05, 0.1) is 0 Å². The zero-order valence-corrected chi connectivity index (χ0v) is 11.5. The second-order valence-electron chi connectivity index (χ2n) is 5.38. The van der Waals surface area contributed by atoms with E-state index in [1.165, 1.54) is 0 Å². The number of amides is 4. The Hall–Kier alpha value is -2.12. The molecule has 20 heavy (non-hydrogen) atoms. The van der Waals surface area contributed by atoms with Crippen molar-refractivity contribution >= 4 is 23.8 Å². The minimum absolute atomic E-state index is 0.0638. The lowest BCUT2D eigenvalue weighted by atomic mass is 9.98. The van der Waals surface area contributed by atoms with Gasteiger partial charge in [-0.1, -0.05) is 0 Å². The van der Waals surface area contributed by atoms with Gasteiger partial charge >= 0.3 is 12.0 Å². The van der Waals surface area contributed by atoms with Crippen molar-refractivity contribution in [3.8, 4) is 0 Å². The fourth-order valence-corrected chi connectivity index (χ4v) is 1.81. The molecule has 1 atom stereocenters. The zero-order valence-electron chi connectivity index (χ0n) is 11.5. The molecule has 1 aliphatic rings. The minimum Gasteiger partial charge on any atom is -0.481 e. The van der Waals surface area contributed by atoms with E-state index in [2.05, 4.69) is 16.0 Å². The number of carbonyl (C=O) groups is 4. The molecule has 1 saturated heterocycles. The first-order chi connectivity index (χ1) is 9.19. The van der Waals surface area contributed by atoms with Gasteiger partial charge in [0.15, 0.2) is 0 Å². The van der Waals surface area contributed by atoms with Crippen LogP contribution in [0.3, 0.4) is 0 Å². The number of nitrogens with one attached hydrogen (secondary N) is 3. The monoisotopic (exact) mass is 285 g/mol. The molecule has 0 aromatic heterocycles. The van der Waals surface area contributed by atoms with Gasteiger partial charge in [-0.15, -0.1) is 0 Å². The van der Waals surface area contributed by atoms with Crippen LogP contribution in [-0.4, -0.2) is 40.5 Å². The Morgan fingerprint density at radius 1 is 1.40 bits per heavy atom. The summed E-state index contributed by atoms with van der Waals surface area (Å²) in [6.07, 6.45) is 0.642. The quantitative estimate of drug-likeness (QED) is 0.518. The maximum absolute atomic E-state index is 11.8. The molecular weight excluding hydrogens is 266 g/mol. The summed E-state index contributed by atoms with van der Waals surface area (Å²) >= 11 is 0. The smallest absolute Gasteiger partial charge is 0.315 e. The molecule has 1 aliphatic heterocycles. The van der Waals surface area contributed by atoms with E-state index in [0.717, 1.165) is 0 Å². The summed E-state index contributed by atoms with van der Waals surface area (Å²) in [5.41, 5.74) is -0.705. The van der Waals surface area contributed by atoms with E-state index in [4.69, 9.17) is 5.11 Å². The van der Waals surface area contributed by atoms with Crippen LogP contribution in [0.2, 0.25) is 0 Å². The van der Waals surface area contributed by atoms with Crippen LogP contribution < -0.4 is 16.0 Å². The van der Waals surface area contributed by atoms with E-state index in [0.29, 0.717) is 0 Å². The lowest BCUT2D eigenvalue weighted by Gasteiger charge is -2.28. The van der Waals surface area contributed by atoms with Crippen molar-refractivity contribution in [1.29, 1.82) is 0 Å². The summed E-state index contributed by atoms with van der Waals surface area (Å²) in [7, 11) is 0. The van der Waals surface area contributed by atoms with Crippen LogP contribution in [0.25, 0.3) is 0 Å². The number of hydrogen-bond donors (Lipinski definition) is 4. The average molecular weight is 285 g/mol. The Labute approximate surface area is 116 Å². The number of urea groups is 1. The van der Waals surface area contributed by atoms with Crippen LogP contribution >= 0.6 is 0 Å². The van der Waals surface area contributed by atoms with E-state index in [1.807, 2.05) is 0 Å². The van der Waals surface area contributed by atoms with E-state index in [1.54, 1.807) is 13.8 Å². The highest BCUT2D eigenvalue weighted by Crippen LogP contribution is 2.11. The molecule has 8 nitrogen and oxygen atoms in total. The first kappa shape index (κ1) is 15.9. The number of carboxylic acids is 1. The zero-order chi connectivity index (χ0) is 15.3. The summed E-state index contributed by atoms with van der Waals surface area (Å²) < 4.78 is 0. The van der Waals surface area contributed by atoms with Gasteiger partial charge in [0, 0.05) is 18.4 Å². The molecule has 1 fully saturated rings. The summed E-state index contributed by atoms with van der Waals surface area (Å²) in [4.78, 5) is 44.7. The second-order valence-corrected chi connectivity index (χ2v) is 5.38. The summed E-state index contributed by atoms with van der Waals surface area (Å²) in [6.45, 7) is 3.39. The molecule has 0 radical (unpaired) electrons. The van der Waals surface area contributed by atoms with Crippen LogP contribution in [-0.2, 0) is 14.4 Å². The second kappa shape index (κ2) is 6.36. The van der Waals surface area contributed by atoms with Gasteiger partial charge in [-0.3, -0.25) is 19.7 Å². The van der Waals surface area contributed by atoms with Crippen LogP contribution in [0.5, 0.6) is 0 Å². The minimum atomic E-state index is -0.939. The third-order valence-electron chi connectivity index (χ3n) is 2.96. The topological polar surface area (TPSA) is 125 Å². The Morgan fingerprint density at radius 2 is 2.05 bits per heavy atom. The van der Waals surface area contributed by atoms with Crippen molar-refractivity contribution < 1.29 is 24.3 Å². The third-order valence-corrected chi connectivity index (χ3v) is 2.96. The number of carboxylic acid groups (broad SMARTS) is 1. The molecule has 0 aliphatic carbocycles. The highest BCUT2D eigenvalue weighted by molar-refractivity contribution is 6.01. The van der Waals surface area contributed by atoms with Crippen molar-refractivity contribution in [1.82, 2.24) is 16.0 Å². The number of carbonyl (C=O) groups excluding carboxylic acids is 3. The number of piperidine rings is 1. The Bertz CT molecular complexity index is 433. The van der Waals surface area contributed by atoms with Crippen molar-refractivity contribution in [2.75, 3.05) is 0 Å². The van der Waals surface area contributed by atoms with Crippen molar-refractivity contribution in [3.63, 3.8) is 0 Å². The Balaban J connectivity index is 2.44. The maximum Gasteiger partial charge on any atom is 0.315 e. The van der Waals surface area contributed by atoms with Gasteiger partial charge in [0.25, 0.3) is 0 Å². The number of hydrogen-bond acceptors (Lipinski definition) is 4. The molecule has 8 heteroatoms. The van der Waals surface area contributed by atoms with E-state index < -0.39 is 29.5 Å². The summed E-state index contributed by atoms with van der Waals surface area (Å²) in [5, 5.41) is 15.8. The lowest BCUT2D eigenvalue weighted by molar-refractivity contribution is -0.137. The van der Waals surface area contributed by atoms with Gasteiger partial charge in [-0.05, 0) is 26.7 Å². The first-order valence-electron chi connectivity index (χ1n) is 6.34. The standard InChI is InChI=1S/C12H19N3O5/c1-12(2,6-5-9(17)18)15-11(20)13-7-3-4-8(16)14-10(7)19/h7H,3-6H2,1-2H3,(H,17,18)(H2,13,15,20)(H,14,16,19). The Morgan fingerprint density at radius 3 is 2.60 bits per heavy atom. The van der Waals surface area contributed by atoms with E-state index in [-0.39, 0.29) is 31.6 Å². The molecule has 0 bridgehead atoms. The lowest BCUT2D eigenvalue weighted by Crippen LogP contribution is -2.57. The van der Waals surface area contributed by atoms with Crippen LogP contribution in [0.1, 0.15) is 39.5 Å². The summed E-state index contributed by atoms with van der Waals surface area (Å²) in [5.74, 6) is -1.82. The number of rotatable bonds is 5. The van der Waals surface area contributed by atoms with Gasteiger partial charge in [-0.25, -0.2) is 4.79 Å². The van der Waals surface area contributed by atoms with Gasteiger partial charge < -0.3 is 15.7 Å². The predicted octanol–water partition coefficient (Wildman–Crippen LogP) is -0.266. The average Bonchev–Trinajstić information content (AvgIpc) is 2.30. The summed E-state index contributed by atoms with van der Waals surface area (Å²) in [6, 6.07) is -1.31. The van der Waals surface area contributed by atoms with Crippen molar-refractivity contribution in [2.24, 2.45) is 0 Å². The van der Waals surface area contributed by atoms with Gasteiger partial charge in [0.1, 0.15) is 6.04 Å². The predicted molar refractivity (Wildman–Crippen MR) is 68.8 cm³/mol. The van der Waals surface area contributed by atoms with Gasteiger partial charge in [-0.2, -0.15) is 0 Å². The van der Waals surface area contributed by atoms with Gasteiger partial charge in [0.2, 0.25) is 11.8 Å². The Kier molecular flexibility index (Phi) is 5.06. The van der Waals surface area contributed by atoms with E-state index >= 15 is 0 Å². The SMILES string of the molecule is CC(C)(CCC(=O)O)NC(=O)NC1CCC(=O)NC1=O. The first-order valence-corrected chi connectivity index (χ1v) is 6.34. The molecule has 1 rings (SSSR count). The third kappa shape index (κ3) is 5.25. The fourth-order valence-electron chi connectivity index (χ4n) is 1.81. The maximum atomic E-state index is 11.8.